The van der Waals surface area contributed by atoms with Gasteiger partial charge in [0, 0.05) is 19.3 Å². The van der Waals surface area contributed by atoms with E-state index in [2.05, 4.69) is 10.6 Å². The molecule has 1 aliphatic rings. The first kappa shape index (κ1) is 16.0. The molecule has 116 valence electrons. The van der Waals surface area contributed by atoms with E-state index in [1.54, 1.807) is 18.2 Å². The number of carbonyl (C=O) groups is 3. The highest BCUT2D eigenvalue weighted by Crippen LogP contribution is 2.17. The molecule has 8 heteroatoms. The van der Waals surface area contributed by atoms with Crippen LogP contribution in [0.15, 0.2) is 30.5 Å². The molecule has 0 aromatic heterocycles. The standard InChI is InChI=1S/C14H14FN3O3S/c15-11-3-1-10(2-4-11)5-6-16-13(20)17-7-8-18-12(19)9-22-14(18)21/h1-6H,7-9H2,(H2,16,17,20)/b6-5+. The van der Waals surface area contributed by atoms with Gasteiger partial charge in [0.25, 0.3) is 5.24 Å². The number of imide groups is 1. The fourth-order valence-corrected chi connectivity index (χ4v) is 2.47. The van der Waals surface area contributed by atoms with Gasteiger partial charge >= 0.3 is 6.03 Å². The van der Waals surface area contributed by atoms with E-state index < -0.39 is 6.03 Å². The van der Waals surface area contributed by atoms with Crippen LogP contribution in [-0.4, -0.2) is 40.9 Å². The molecule has 0 atom stereocenters. The van der Waals surface area contributed by atoms with Crippen LogP contribution in [0.4, 0.5) is 14.0 Å². The van der Waals surface area contributed by atoms with Crippen LogP contribution in [0.2, 0.25) is 0 Å². The number of hydrogen-bond donors (Lipinski definition) is 2. The van der Waals surface area contributed by atoms with E-state index in [-0.39, 0.29) is 35.8 Å². The Morgan fingerprint density at radius 1 is 1.32 bits per heavy atom. The Morgan fingerprint density at radius 3 is 2.68 bits per heavy atom. The Labute approximate surface area is 130 Å². The molecule has 0 aliphatic carbocycles. The minimum atomic E-state index is -0.454. The molecule has 0 spiro atoms. The number of nitrogens with one attached hydrogen (secondary N) is 2. The van der Waals surface area contributed by atoms with Crippen molar-refractivity contribution < 1.29 is 18.8 Å². The highest BCUT2D eigenvalue weighted by Gasteiger charge is 2.29. The fraction of sp³-hybridized carbons (Fsp3) is 0.214. The number of amides is 4. The normalized spacial score (nSPS) is 14.7. The molecule has 1 saturated heterocycles. The molecule has 6 nitrogen and oxygen atoms in total. The van der Waals surface area contributed by atoms with E-state index in [4.69, 9.17) is 0 Å². The molecular weight excluding hydrogens is 309 g/mol. The minimum absolute atomic E-state index is 0.153. The molecule has 2 N–H and O–H groups in total. The third-order valence-electron chi connectivity index (χ3n) is 2.82. The highest BCUT2D eigenvalue weighted by atomic mass is 32.2. The molecular formula is C14H14FN3O3S. The maximum atomic E-state index is 12.7. The number of rotatable bonds is 5. The molecule has 0 radical (unpaired) electrons. The Hall–Kier alpha value is -2.35. The minimum Gasteiger partial charge on any atom is -0.336 e. The number of thioether (sulfide) groups is 1. The van der Waals surface area contributed by atoms with Crippen LogP contribution in [0.3, 0.4) is 0 Å². The van der Waals surface area contributed by atoms with Crippen LogP contribution in [0.5, 0.6) is 0 Å². The van der Waals surface area contributed by atoms with E-state index >= 15 is 0 Å². The van der Waals surface area contributed by atoms with Gasteiger partial charge < -0.3 is 10.6 Å². The van der Waals surface area contributed by atoms with Gasteiger partial charge in [-0.25, -0.2) is 9.18 Å². The van der Waals surface area contributed by atoms with Crippen LogP contribution >= 0.6 is 11.8 Å². The third kappa shape index (κ3) is 4.59. The van der Waals surface area contributed by atoms with Gasteiger partial charge in [-0.2, -0.15) is 0 Å². The molecule has 1 aliphatic heterocycles. The lowest BCUT2D eigenvalue weighted by Gasteiger charge is -2.12. The average molecular weight is 323 g/mol. The van der Waals surface area contributed by atoms with Gasteiger partial charge in [-0.05, 0) is 23.8 Å². The number of urea groups is 1. The summed E-state index contributed by atoms with van der Waals surface area (Å²) in [5, 5.41) is 4.72. The quantitative estimate of drug-likeness (QED) is 0.866. The molecule has 22 heavy (non-hydrogen) atoms. The van der Waals surface area contributed by atoms with Gasteiger partial charge in [0.1, 0.15) is 5.82 Å². The maximum absolute atomic E-state index is 12.7. The van der Waals surface area contributed by atoms with Crippen molar-refractivity contribution in [2.45, 2.75) is 0 Å². The largest absolute Gasteiger partial charge is 0.336 e. The van der Waals surface area contributed by atoms with Gasteiger partial charge in [0.05, 0.1) is 5.75 Å². The summed E-state index contributed by atoms with van der Waals surface area (Å²) in [5.41, 5.74) is 0.743. The van der Waals surface area contributed by atoms with Crippen molar-refractivity contribution in [2.24, 2.45) is 0 Å². The molecule has 1 heterocycles. The van der Waals surface area contributed by atoms with Crippen LogP contribution in [0, 0.1) is 5.82 Å². The number of nitrogens with zero attached hydrogens (tertiary/aromatic N) is 1. The molecule has 2 rings (SSSR count). The summed E-state index contributed by atoms with van der Waals surface area (Å²) in [5.74, 6) is -0.411. The van der Waals surface area contributed by atoms with Gasteiger partial charge in [0.15, 0.2) is 0 Å². The molecule has 0 unspecified atom stereocenters. The van der Waals surface area contributed by atoms with E-state index in [0.717, 1.165) is 22.2 Å². The molecule has 1 fully saturated rings. The number of benzene rings is 1. The van der Waals surface area contributed by atoms with Gasteiger partial charge in [0.2, 0.25) is 5.91 Å². The second-order valence-electron chi connectivity index (χ2n) is 4.39. The summed E-state index contributed by atoms with van der Waals surface area (Å²) in [6, 6.07) is 5.34. The molecule has 4 amide bonds. The van der Waals surface area contributed by atoms with Crippen molar-refractivity contribution in [3.05, 3.63) is 41.8 Å². The van der Waals surface area contributed by atoms with Crippen molar-refractivity contribution in [3.8, 4) is 0 Å². The lowest BCUT2D eigenvalue weighted by Crippen LogP contribution is -2.40. The van der Waals surface area contributed by atoms with Crippen molar-refractivity contribution in [1.82, 2.24) is 15.5 Å². The summed E-state index contributed by atoms with van der Waals surface area (Å²) >= 11 is 0.956. The smallest absolute Gasteiger partial charge is 0.318 e. The summed E-state index contributed by atoms with van der Waals surface area (Å²) < 4.78 is 12.7. The zero-order valence-corrected chi connectivity index (χ0v) is 12.4. The molecule has 1 aromatic carbocycles. The summed E-state index contributed by atoms with van der Waals surface area (Å²) in [6.07, 6.45) is 3.04. The second-order valence-corrected chi connectivity index (χ2v) is 5.31. The topological polar surface area (TPSA) is 78.5 Å². The maximum Gasteiger partial charge on any atom is 0.318 e. The Kier molecular flexibility index (Phi) is 5.54. The van der Waals surface area contributed by atoms with E-state index in [1.807, 2.05) is 0 Å². The van der Waals surface area contributed by atoms with Crippen LogP contribution in [-0.2, 0) is 4.79 Å². The monoisotopic (exact) mass is 323 g/mol. The van der Waals surface area contributed by atoms with Gasteiger partial charge in [-0.15, -0.1) is 0 Å². The lowest BCUT2D eigenvalue weighted by molar-refractivity contribution is -0.124. The van der Waals surface area contributed by atoms with Crippen molar-refractivity contribution in [1.29, 1.82) is 0 Å². The van der Waals surface area contributed by atoms with E-state index in [1.165, 1.54) is 18.3 Å². The fourth-order valence-electron chi connectivity index (χ4n) is 1.72. The Bertz CT molecular complexity index is 588. The third-order valence-corrected chi connectivity index (χ3v) is 3.68. The predicted octanol–water partition coefficient (Wildman–Crippen LogP) is 1.79. The van der Waals surface area contributed by atoms with Gasteiger partial charge in [-0.1, -0.05) is 23.9 Å². The average Bonchev–Trinajstić information content (AvgIpc) is 2.81. The summed E-state index contributed by atoms with van der Waals surface area (Å²) in [4.78, 5) is 35.3. The Balaban J connectivity index is 1.68. The van der Waals surface area contributed by atoms with Crippen molar-refractivity contribution >= 4 is 35.0 Å². The van der Waals surface area contributed by atoms with Crippen LogP contribution in [0.25, 0.3) is 6.08 Å². The zero-order valence-electron chi connectivity index (χ0n) is 11.5. The first-order valence-corrected chi connectivity index (χ1v) is 7.48. The van der Waals surface area contributed by atoms with E-state index in [0.29, 0.717) is 0 Å². The highest BCUT2D eigenvalue weighted by molar-refractivity contribution is 8.14. The zero-order chi connectivity index (χ0) is 15.9. The predicted molar refractivity (Wildman–Crippen MR) is 81.5 cm³/mol. The van der Waals surface area contributed by atoms with E-state index in [9.17, 15) is 18.8 Å². The first-order chi connectivity index (χ1) is 10.6. The first-order valence-electron chi connectivity index (χ1n) is 6.50. The number of carbonyl (C=O) groups excluding carboxylic acids is 3. The molecule has 1 aromatic rings. The van der Waals surface area contributed by atoms with Gasteiger partial charge in [-0.3, -0.25) is 14.5 Å². The second kappa shape index (κ2) is 7.60. The number of hydrogen-bond acceptors (Lipinski definition) is 4. The number of halogens is 1. The van der Waals surface area contributed by atoms with Crippen molar-refractivity contribution in [2.75, 3.05) is 18.8 Å². The SMILES string of the molecule is O=C(N/C=C/c1ccc(F)cc1)NCCN1C(=O)CSC1=O. The lowest BCUT2D eigenvalue weighted by atomic mass is 10.2. The van der Waals surface area contributed by atoms with Crippen LogP contribution in [0.1, 0.15) is 5.56 Å². The van der Waals surface area contributed by atoms with Crippen molar-refractivity contribution in [3.63, 3.8) is 0 Å². The molecule has 0 bridgehead atoms. The summed E-state index contributed by atoms with van der Waals surface area (Å²) in [7, 11) is 0. The molecule has 0 saturated carbocycles. The van der Waals surface area contributed by atoms with Crippen LogP contribution < -0.4 is 10.6 Å². The summed E-state index contributed by atoms with van der Waals surface area (Å²) in [6.45, 7) is 0.327. The Morgan fingerprint density at radius 2 is 2.05 bits per heavy atom.